The van der Waals surface area contributed by atoms with Crippen LogP contribution < -0.4 is 0 Å². The third-order valence-electron chi connectivity index (χ3n) is 2.98. The number of ether oxygens (including phenoxy) is 2. The minimum atomic E-state index is -1.60. The summed E-state index contributed by atoms with van der Waals surface area (Å²) in [6.45, 7) is -0.0487. The third kappa shape index (κ3) is 3.17. The molecule has 1 aromatic carbocycles. The number of hydrogen-bond acceptors (Lipinski definition) is 6. The molecule has 0 unspecified atom stereocenters. The van der Waals surface area contributed by atoms with Crippen LogP contribution in [0.4, 0.5) is 0 Å². The molecule has 19 heavy (non-hydrogen) atoms. The van der Waals surface area contributed by atoms with Gasteiger partial charge in [-0.1, -0.05) is 30.3 Å². The summed E-state index contributed by atoms with van der Waals surface area (Å²) in [5.41, 5.74) is 0.729. The fraction of sp³-hybridized carbons (Fsp3) is 0.462. The van der Waals surface area contributed by atoms with Gasteiger partial charge in [-0.3, -0.25) is 0 Å². The second-order valence-electron chi connectivity index (χ2n) is 4.36. The number of hydrogen-bond donors (Lipinski definition) is 3. The molecule has 104 valence electrons. The molecule has 1 fully saturated rings. The van der Waals surface area contributed by atoms with Crippen LogP contribution in [-0.2, 0) is 14.3 Å². The molecule has 1 aromatic rings. The predicted molar refractivity (Wildman–Crippen MR) is 64.1 cm³/mol. The number of benzene rings is 1. The summed E-state index contributed by atoms with van der Waals surface area (Å²) >= 11 is 0. The van der Waals surface area contributed by atoms with Crippen LogP contribution in [0.2, 0.25) is 0 Å². The van der Waals surface area contributed by atoms with E-state index in [0.717, 1.165) is 5.56 Å². The van der Waals surface area contributed by atoms with Gasteiger partial charge in [0.25, 0.3) is 0 Å². The molecule has 0 amide bonds. The van der Waals surface area contributed by atoms with Crippen LogP contribution in [0.1, 0.15) is 11.9 Å². The number of aldehydes is 1. The Morgan fingerprint density at radius 2 is 1.95 bits per heavy atom. The minimum Gasteiger partial charge on any atom is -0.388 e. The molecule has 1 heterocycles. The lowest BCUT2D eigenvalue weighted by Gasteiger charge is -2.37. The van der Waals surface area contributed by atoms with E-state index in [1.807, 2.05) is 6.07 Å². The summed E-state index contributed by atoms with van der Waals surface area (Å²) in [6, 6.07) is 9.01. The van der Waals surface area contributed by atoms with Crippen molar-refractivity contribution in [3.05, 3.63) is 35.9 Å². The van der Waals surface area contributed by atoms with E-state index in [0.29, 0.717) is 0 Å². The molecule has 0 spiro atoms. The Morgan fingerprint density at radius 3 is 2.58 bits per heavy atom. The van der Waals surface area contributed by atoms with Crippen molar-refractivity contribution < 1.29 is 29.6 Å². The van der Waals surface area contributed by atoms with E-state index in [1.165, 1.54) is 0 Å². The van der Waals surface area contributed by atoms with Gasteiger partial charge in [0.15, 0.2) is 12.6 Å². The molecule has 5 atom stereocenters. The van der Waals surface area contributed by atoms with Crippen molar-refractivity contribution in [2.45, 2.75) is 30.7 Å². The first kappa shape index (κ1) is 14.1. The molecule has 2 rings (SSSR count). The fourth-order valence-corrected chi connectivity index (χ4v) is 1.92. The number of aliphatic hydroxyl groups is 3. The zero-order valence-corrected chi connectivity index (χ0v) is 10.1. The molecule has 1 saturated heterocycles. The topological polar surface area (TPSA) is 96.2 Å². The maximum absolute atomic E-state index is 10.5. The standard InChI is InChI=1S/C13H16O6/c14-6-9(15)11(17)12-10(16)7-18-13(19-12)8-4-2-1-3-5-8/h1-6,9-13,15-17H,7H2/t9-,10+,11+,12-,13+/m0/s1. The molecule has 0 bridgehead atoms. The highest BCUT2D eigenvalue weighted by atomic mass is 16.7. The van der Waals surface area contributed by atoms with Gasteiger partial charge in [-0.05, 0) is 0 Å². The summed E-state index contributed by atoms with van der Waals surface area (Å²) in [4.78, 5) is 10.5. The van der Waals surface area contributed by atoms with Crippen LogP contribution in [0.3, 0.4) is 0 Å². The number of rotatable bonds is 4. The molecule has 6 heteroatoms. The molecule has 0 aliphatic carbocycles. The van der Waals surface area contributed by atoms with Crippen molar-refractivity contribution in [2.75, 3.05) is 6.61 Å². The lowest BCUT2D eigenvalue weighted by atomic mass is 10.0. The SMILES string of the molecule is O=C[C@H](O)[C@@H](O)[C@H]1O[C@H](c2ccccc2)OC[C@H]1O. The Hall–Kier alpha value is -1.31. The van der Waals surface area contributed by atoms with Gasteiger partial charge in [0.05, 0.1) is 6.61 Å². The van der Waals surface area contributed by atoms with Crippen molar-refractivity contribution in [2.24, 2.45) is 0 Å². The minimum absolute atomic E-state index is 0.0487. The summed E-state index contributed by atoms with van der Waals surface area (Å²) < 4.78 is 10.7. The molecule has 0 saturated carbocycles. The van der Waals surface area contributed by atoms with E-state index in [-0.39, 0.29) is 12.9 Å². The Labute approximate surface area is 110 Å². The van der Waals surface area contributed by atoms with Gasteiger partial charge >= 0.3 is 0 Å². The molecular formula is C13H16O6. The van der Waals surface area contributed by atoms with Gasteiger partial charge < -0.3 is 29.6 Å². The highest BCUT2D eigenvalue weighted by Gasteiger charge is 2.39. The largest absolute Gasteiger partial charge is 0.388 e. The number of aliphatic hydroxyl groups excluding tert-OH is 3. The van der Waals surface area contributed by atoms with Crippen LogP contribution in [0.25, 0.3) is 0 Å². The normalized spacial score (nSPS) is 30.6. The van der Waals surface area contributed by atoms with Crippen molar-refractivity contribution in [1.29, 1.82) is 0 Å². The van der Waals surface area contributed by atoms with Crippen LogP contribution in [0.15, 0.2) is 30.3 Å². The molecule has 1 aliphatic rings. The van der Waals surface area contributed by atoms with Gasteiger partial charge in [-0.25, -0.2) is 0 Å². The van der Waals surface area contributed by atoms with Crippen molar-refractivity contribution in [3.63, 3.8) is 0 Å². The van der Waals surface area contributed by atoms with Gasteiger partial charge in [0, 0.05) is 5.56 Å². The predicted octanol–water partition coefficient (Wildman–Crippen LogP) is -0.618. The average molecular weight is 268 g/mol. The molecule has 1 aliphatic heterocycles. The Kier molecular flexibility index (Phi) is 4.62. The Morgan fingerprint density at radius 1 is 1.26 bits per heavy atom. The molecular weight excluding hydrogens is 252 g/mol. The van der Waals surface area contributed by atoms with E-state index in [1.54, 1.807) is 24.3 Å². The molecule has 6 nitrogen and oxygen atoms in total. The number of carbonyl (C=O) groups excluding carboxylic acids is 1. The first-order valence-corrected chi connectivity index (χ1v) is 5.95. The van der Waals surface area contributed by atoms with Gasteiger partial charge in [-0.2, -0.15) is 0 Å². The van der Waals surface area contributed by atoms with Crippen LogP contribution in [0, 0.1) is 0 Å². The maximum Gasteiger partial charge on any atom is 0.184 e. The quantitative estimate of drug-likeness (QED) is 0.630. The van der Waals surface area contributed by atoms with Crippen molar-refractivity contribution >= 4 is 6.29 Å². The van der Waals surface area contributed by atoms with Crippen LogP contribution in [0.5, 0.6) is 0 Å². The summed E-state index contributed by atoms with van der Waals surface area (Å²) in [5, 5.41) is 28.8. The molecule has 0 aromatic heterocycles. The van der Waals surface area contributed by atoms with E-state index in [9.17, 15) is 20.1 Å². The van der Waals surface area contributed by atoms with E-state index < -0.39 is 30.7 Å². The van der Waals surface area contributed by atoms with Crippen molar-refractivity contribution in [3.8, 4) is 0 Å². The third-order valence-corrected chi connectivity index (χ3v) is 2.98. The Balaban J connectivity index is 2.10. The Bertz CT molecular complexity index is 409. The summed E-state index contributed by atoms with van der Waals surface area (Å²) in [5.74, 6) is 0. The smallest absolute Gasteiger partial charge is 0.184 e. The monoisotopic (exact) mass is 268 g/mol. The van der Waals surface area contributed by atoms with Crippen LogP contribution in [-0.4, -0.2) is 52.6 Å². The van der Waals surface area contributed by atoms with E-state index in [2.05, 4.69) is 0 Å². The first-order chi connectivity index (χ1) is 9.13. The summed E-state index contributed by atoms with van der Waals surface area (Å²) in [6.07, 6.45) is -5.84. The van der Waals surface area contributed by atoms with E-state index >= 15 is 0 Å². The lowest BCUT2D eigenvalue weighted by molar-refractivity contribution is -0.281. The zero-order valence-electron chi connectivity index (χ0n) is 10.1. The van der Waals surface area contributed by atoms with Crippen molar-refractivity contribution in [1.82, 2.24) is 0 Å². The maximum atomic E-state index is 10.5. The van der Waals surface area contributed by atoms with Gasteiger partial charge in [-0.15, -0.1) is 0 Å². The second-order valence-corrected chi connectivity index (χ2v) is 4.36. The lowest BCUT2D eigenvalue weighted by Crippen LogP contribution is -2.51. The van der Waals surface area contributed by atoms with Crippen LogP contribution >= 0.6 is 0 Å². The highest BCUT2D eigenvalue weighted by molar-refractivity contribution is 5.56. The molecule has 3 N–H and O–H groups in total. The summed E-state index contributed by atoms with van der Waals surface area (Å²) in [7, 11) is 0. The van der Waals surface area contributed by atoms with E-state index in [4.69, 9.17) is 9.47 Å². The second kappa shape index (κ2) is 6.23. The van der Waals surface area contributed by atoms with Gasteiger partial charge in [0.1, 0.15) is 24.4 Å². The fourth-order valence-electron chi connectivity index (χ4n) is 1.92. The highest BCUT2D eigenvalue weighted by Crippen LogP contribution is 2.28. The first-order valence-electron chi connectivity index (χ1n) is 5.95. The average Bonchev–Trinajstić information content (AvgIpc) is 2.47. The van der Waals surface area contributed by atoms with Gasteiger partial charge in [0.2, 0.25) is 0 Å². The zero-order chi connectivity index (χ0) is 13.8. The number of carbonyl (C=O) groups is 1. The molecule has 0 radical (unpaired) electrons.